The van der Waals surface area contributed by atoms with Crippen molar-refractivity contribution in [1.29, 1.82) is 0 Å². The van der Waals surface area contributed by atoms with E-state index in [9.17, 15) is 18.3 Å². The van der Waals surface area contributed by atoms with Crippen LogP contribution in [0.3, 0.4) is 0 Å². The molecule has 1 saturated heterocycles. The largest absolute Gasteiger partial charge is 0.432 e. The monoisotopic (exact) mass is 349 g/mol. The molecule has 2 rings (SSSR count). The number of alkyl halides is 3. The standard InChI is InChI=1S/C16H26F3N3O2/c1-15(2,3)24-10-12(23)9-22-6-4-11(5-7-22)14-20-8-13(21-14)16(17,18)19/h8,11-12,23H,4-7,9-10H2,1-3H3,(H,20,21). The number of aromatic amines is 1. The number of likely N-dealkylation sites (tertiary alicyclic amines) is 1. The molecule has 1 aromatic heterocycles. The fraction of sp³-hybridized carbons (Fsp3) is 0.812. The highest BCUT2D eigenvalue weighted by Crippen LogP contribution is 2.31. The lowest BCUT2D eigenvalue weighted by molar-refractivity contribution is -0.141. The summed E-state index contributed by atoms with van der Waals surface area (Å²) >= 11 is 0. The van der Waals surface area contributed by atoms with Gasteiger partial charge in [0.1, 0.15) is 11.5 Å². The summed E-state index contributed by atoms with van der Waals surface area (Å²) in [6.45, 7) is 8.03. The highest BCUT2D eigenvalue weighted by atomic mass is 19.4. The molecule has 138 valence electrons. The van der Waals surface area contributed by atoms with E-state index < -0.39 is 18.0 Å². The quantitative estimate of drug-likeness (QED) is 0.858. The van der Waals surface area contributed by atoms with E-state index in [-0.39, 0.29) is 18.1 Å². The maximum atomic E-state index is 12.6. The summed E-state index contributed by atoms with van der Waals surface area (Å²) in [6.07, 6.45) is -2.66. The lowest BCUT2D eigenvalue weighted by Gasteiger charge is -2.33. The Labute approximate surface area is 140 Å². The lowest BCUT2D eigenvalue weighted by Crippen LogP contribution is -2.41. The second kappa shape index (κ2) is 7.41. The van der Waals surface area contributed by atoms with Crippen molar-refractivity contribution in [3.63, 3.8) is 0 Å². The number of piperidine rings is 1. The highest BCUT2D eigenvalue weighted by Gasteiger charge is 2.34. The summed E-state index contributed by atoms with van der Waals surface area (Å²) in [7, 11) is 0. The molecular formula is C16H26F3N3O2. The molecule has 1 aliphatic heterocycles. The van der Waals surface area contributed by atoms with E-state index in [1.54, 1.807) is 0 Å². The van der Waals surface area contributed by atoms with Crippen molar-refractivity contribution in [3.8, 4) is 0 Å². The second-order valence-electron chi connectivity index (χ2n) is 7.33. The van der Waals surface area contributed by atoms with Gasteiger partial charge in [0.2, 0.25) is 0 Å². The molecule has 0 aromatic carbocycles. The molecule has 5 nitrogen and oxygen atoms in total. The van der Waals surface area contributed by atoms with Crippen molar-refractivity contribution in [1.82, 2.24) is 14.9 Å². The van der Waals surface area contributed by atoms with Gasteiger partial charge in [0.05, 0.1) is 24.5 Å². The molecule has 0 spiro atoms. The Hall–Kier alpha value is -1.12. The zero-order valence-electron chi connectivity index (χ0n) is 14.4. The zero-order valence-corrected chi connectivity index (χ0v) is 14.4. The Morgan fingerprint density at radius 2 is 1.96 bits per heavy atom. The summed E-state index contributed by atoms with van der Waals surface area (Å²) in [5.41, 5.74) is -1.08. The molecule has 1 unspecified atom stereocenters. The van der Waals surface area contributed by atoms with Gasteiger partial charge in [0.25, 0.3) is 0 Å². The van der Waals surface area contributed by atoms with Gasteiger partial charge in [-0.25, -0.2) is 4.98 Å². The van der Waals surface area contributed by atoms with Gasteiger partial charge in [-0.2, -0.15) is 13.2 Å². The number of ether oxygens (including phenoxy) is 1. The minimum atomic E-state index is -4.39. The topological polar surface area (TPSA) is 61.4 Å². The molecule has 1 fully saturated rings. The highest BCUT2D eigenvalue weighted by molar-refractivity contribution is 5.09. The maximum Gasteiger partial charge on any atom is 0.432 e. The van der Waals surface area contributed by atoms with Crippen LogP contribution in [-0.2, 0) is 10.9 Å². The van der Waals surface area contributed by atoms with Gasteiger partial charge in [-0.15, -0.1) is 0 Å². The second-order valence-corrected chi connectivity index (χ2v) is 7.33. The Morgan fingerprint density at radius 1 is 1.33 bits per heavy atom. The third kappa shape index (κ3) is 5.75. The molecule has 2 heterocycles. The predicted octanol–water partition coefficient (Wildman–Crippen LogP) is 2.78. The number of β-amino-alcohol motifs (C(OH)–C–C–N with tert-alkyl or cyclic N) is 1. The van der Waals surface area contributed by atoms with Gasteiger partial charge in [-0.05, 0) is 46.7 Å². The van der Waals surface area contributed by atoms with E-state index in [2.05, 4.69) is 14.9 Å². The molecule has 1 atom stereocenters. The summed E-state index contributed by atoms with van der Waals surface area (Å²) in [4.78, 5) is 8.39. The molecular weight excluding hydrogens is 323 g/mol. The SMILES string of the molecule is CC(C)(C)OCC(O)CN1CCC(c2ncc(C(F)(F)F)[nH]2)CC1. The predicted molar refractivity (Wildman–Crippen MR) is 83.7 cm³/mol. The number of halogens is 3. The third-order valence-electron chi connectivity index (χ3n) is 4.05. The molecule has 0 aliphatic carbocycles. The maximum absolute atomic E-state index is 12.6. The average molecular weight is 349 g/mol. The number of hydrogen-bond donors (Lipinski definition) is 2. The smallest absolute Gasteiger partial charge is 0.389 e. The fourth-order valence-electron chi connectivity index (χ4n) is 2.77. The first-order valence-corrected chi connectivity index (χ1v) is 8.21. The number of nitrogens with one attached hydrogen (secondary N) is 1. The van der Waals surface area contributed by atoms with Crippen LogP contribution in [0.5, 0.6) is 0 Å². The Balaban J connectivity index is 1.78. The molecule has 0 saturated carbocycles. The lowest BCUT2D eigenvalue weighted by atomic mass is 9.96. The normalized spacial score (nSPS) is 19.6. The van der Waals surface area contributed by atoms with Gasteiger partial charge in [-0.3, -0.25) is 0 Å². The van der Waals surface area contributed by atoms with E-state index in [0.717, 1.165) is 32.1 Å². The van der Waals surface area contributed by atoms with E-state index >= 15 is 0 Å². The molecule has 24 heavy (non-hydrogen) atoms. The van der Waals surface area contributed by atoms with E-state index in [1.165, 1.54) is 0 Å². The van der Waals surface area contributed by atoms with Crippen LogP contribution in [0.1, 0.15) is 51.0 Å². The van der Waals surface area contributed by atoms with Crippen molar-refractivity contribution in [2.24, 2.45) is 0 Å². The minimum Gasteiger partial charge on any atom is -0.389 e. The van der Waals surface area contributed by atoms with Crippen molar-refractivity contribution in [2.45, 2.75) is 57.4 Å². The number of H-pyrrole nitrogens is 1. The van der Waals surface area contributed by atoms with Crippen LogP contribution in [0.15, 0.2) is 6.20 Å². The fourth-order valence-corrected chi connectivity index (χ4v) is 2.77. The average Bonchev–Trinajstić information content (AvgIpc) is 2.95. The first kappa shape index (κ1) is 19.2. The van der Waals surface area contributed by atoms with Gasteiger partial charge >= 0.3 is 6.18 Å². The van der Waals surface area contributed by atoms with E-state index in [4.69, 9.17) is 4.74 Å². The molecule has 0 amide bonds. The van der Waals surface area contributed by atoms with Crippen molar-refractivity contribution < 1.29 is 23.0 Å². The molecule has 1 aromatic rings. The Kier molecular flexibility index (Phi) is 5.93. The first-order valence-electron chi connectivity index (χ1n) is 8.21. The van der Waals surface area contributed by atoms with Crippen LogP contribution < -0.4 is 0 Å². The van der Waals surface area contributed by atoms with Crippen molar-refractivity contribution >= 4 is 0 Å². The van der Waals surface area contributed by atoms with Crippen LogP contribution in [0.2, 0.25) is 0 Å². The number of aliphatic hydroxyl groups is 1. The van der Waals surface area contributed by atoms with Gasteiger partial charge in [-0.1, -0.05) is 0 Å². The molecule has 0 radical (unpaired) electrons. The molecule has 1 aliphatic rings. The van der Waals surface area contributed by atoms with E-state index in [1.807, 2.05) is 20.8 Å². The van der Waals surface area contributed by atoms with Crippen LogP contribution >= 0.6 is 0 Å². The van der Waals surface area contributed by atoms with Crippen molar-refractivity contribution in [3.05, 3.63) is 17.7 Å². The first-order chi connectivity index (χ1) is 11.0. The minimum absolute atomic E-state index is 0.000294. The van der Waals surface area contributed by atoms with E-state index in [0.29, 0.717) is 12.4 Å². The summed E-state index contributed by atoms with van der Waals surface area (Å²) in [5, 5.41) is 10.0. The number of aliphatic hydroxyl groups excluding tert-OH is 1. The molecule has 8 heteroatoms. The van der Waals surface area contributed by atoms with Crippen LogP contribution in [-0.4, -0.2) is 57.9 Å². The van der Waals surface area contributed by atoms with Crippen LogP contribution in [0.25, 0.3) is 0 Å². The number of aromatic nitrogens is 2. The number of rotatable bonds is 5. The molecule has 0 bridgehead atoms. The van der Waals surface area contributed by atoms with Gasteiger partial charge < -0.3 is 19.7 Å². The van der Waals surface area contributed by atoms with Gasteiger partial charge in [0.15, 0.2) is 0 Å². The third-order valence-corrected chi connectivity index (χ3v) is 4.05. The molecule has 2 N–H and O–H groups in total. The summed E-state index contributed by atoms with van der Waals surface area (Å²) < 4.78 is 43.4. The summed E-state index contributed by atoms with van der Waals surface area (Å²) in [6, 6.07) is 0. The number of nitrogens with zero attached hydrogens (tertiary/aromatic N) is 2. The summed E-state index contributed by atoms with van der Waals surface area (Å²) in [5.74, 6) is 0.402. The number of imidazole rings is 1. The van der Waals surface area contributed by atoms with Crippen LogP contribution in [0, 0.1) is 0 Å². The Bertz CT molecular complexity index is 517. The zero-order chi connectivity index (χ0) is 18.0. The van der Waals surface area contributed by atoms with Gasteiger partial charge in [0, 0.05) is 12.5 Å². The van der Waals surface area contributed by atoms with Crippen LogP contribution in [0.4, 0.5) is 13.2 Å². The van der Waals surface area contributed by atoms with Crippen molar-refractivity contribution in [2.75, 3.05) is 26.2 Å². The Morgan fingerprint density at radius 3 is 2.46 bits per heavy atom. The number of hydrogen-bond acceptors (Lipinski definition) is 4.